The Kier molecular flexibility index (Phi) is 5.19. The zero-order chi connectivity index (χ0) is 15.5. The quantitative estimate of drug-likeness (QED) is 0.489. The Bertz CT molecular complexity index is 937. The van der Waals surface area contributed by atoms with E-state index in [2.05, 4.69) is 83.2 Å². The molecule has 0 spiro atoms. The molecule has 4 aromatic rings. The van der Waals surface area contributed by atoms with Crippen LogP contribution in [0.15, 0.2) is 72.9 Å². The minimum absolute atomic E-state index is 0. The molecule has 122 valence electrons. The van der Waals surface area contributed by atoms with Crippen LogP contribution in [0.3, 0.4) is 0 Å². The second-order valence-corrected chi connectivity index (χ2v) is 5.92. The average molecular weight is 337 g/mol. The molecule has 0 fully saturated rings. The molecule has 0 saturated heterocycles. The second kappa shape index (κ2) is 7.52. The molecule has 3 aromatic carbocycles. The van der Waals surface area contributed by atoms with Crippen molar-refractivity contribution in [2.45, 2.75) is 13.0 Å². The third-order valence-electron chi connectivity index (χ3n) is 4.44. The Morgan fingerprint density at radius 1 is 0.750 bits per heavy atom. The number of aromatic nitrogens is 1. The number of fused-ring (bicyclic) bond motifs is 2. The van der Waals surface area contributed by atoms with E-state index in [1.54, 1.807) is 0 Å². The Morgan fingerprint density at radius 2 is 1.50 bits per heavy atom. The molecule has 0 bridgehead atoms. The fourth-order valence-corrected chi connectivity index (χ4v) is 3.23. The molecule has 24 heavy (non-hydrogen) atoms. The van der Waals surface area contributed by atoms with Crippen LogP contribution in [-0.4, -0.2) is 11.5 Å². The van der Waals surface area contributed by atoms with Crippen LogP contribution in [0.5, 0.6) is 0 Å². The monoisotopic (exact) mass is 336 g/mol. The summed E-state index contributed by atoms with van der Waals surface area (Å²) in [6.45, 7) is 1.88. The van der Waals surface area contributed by atoms with Crippen molar-refractivity contribution in [1.29, 1.82) is 0 Å². The van der Waals surface area contributed by atoms with Crippen molar-refractivity contribution in [3.05, 3.63) is 84.1 Å². The third kappa shape index (κ3) is 3.30. The molecule has 0 atom stereocenters. The second-order valence-electron chi connectivity index (χ2n) is 5.92. The highest BCUT2D eigenvalue weighted by Gasteiger charge is 2.03. The van der Waals surface area contributed by atoms with Crippen molar-refractivity contribution < 1.29 is 0 Å². The predicted octanol–water partition coefficient (Wildman–Crippen LogP) is 5.08. The molecule has 1 aromatic heterocycles. The fraction of sp³-hybridized carbons (Fsp3) is 0.143. The Labute approximate surface area is 148 Å². The molecule has 0 unspecified atom stereocenters. The molecule has 2 N–H and O–H groups in total. The van der Waals surface area contributed by atoms with Gasteiger partial charge in [-0.3, -0.25) is 0 Å². The van der Waals surface area contributed by atoms with Crippen LogP contribution in [0.25, 0.3) is 21.7 Å². The highest BCUT2D eigenvalue weighted by molar-refractivity contribution is 5.86. The van der Waals surface area contributed by atoms with Gasteiger partial charge in [-0.15, -0.1) is 12.4 Å². The third-order valence-corrected chi connectivity index (χ3v) is 4.44. The van der Waals surface area contributed by atoms with Crippen LogP contribution in [0.2, 0.25) is 0 Å². The van der Waals surface area contributed by atoms with Crippen LogP contribution in [-0.2, 0) is 13.0 Å². The van der Waals surface area contributed by atoms with E-state index in [9.17, 15) is 0 Å². The van der Waals surface area contributed by atoms with E-state index in [-0.39, 0.29) is 12.4 Å². The lowest BCUT2D eigenvalue weighted by Gasteiger charge is -2.08. The van der Waals surface area contributed by atoms with Gasteiger partial charge in [0.25, 0.3) is 0 Å². The van der Waals surface area contributed by atoms with E-state index >= 15 is 0 Å². The van der Waals surface area contributed by atoms with Crippen LogP contribution in [0.4, 0.5) is 0 Å². The lowest BCUT2D eigenvalue weighted by molar-refractivity contribution is 0.691. The minimum Gasteiger partial charge on any atom is -0.361 e. The molecule has 3 heteroatoms. The van der Waals surface area contributed by atoms with Crippen molar-refractivity contribution in [2.24, 2.45) is 0 Å². The van der Waals surface area contributed by atoms with Gasteiger partial charge in [-0.05, 0) is 40.9 Å². The summed E-state index contributed by atoms with van der Waals surface area (Å²) in [7, 11) is 0. The van der Waals surface area contributed by atoms with Crippen molar-refractivity contribution >= 4 is 34.1 Å². The van der Waals surface area contributed by atoms with E-state index in [1.807, 2.05) is 0 Å². The van der Waals surface area contributed by atoms with Crippen LogP contribution >= 0.6 is 12.4 Å². The predicted molar refractivity (Wildman–Crippen MR) is 105 cm³/mol. The summed E-state index contributed by atoms with van der Waals surface area (Å²) in [5.41, 5.74) is 3.96. The Balaban J connectivity index is 0.00000169. The number of aromatic amines is 1. The van der Waals surface area contributed by atoms with Gasteiger partial charge in [0, 0.05) is 23.6 Å². The van der Waals surface area contributed by atoms with Gasteiger partial charge in [0.15, 0.2) is 0 Å². The van der Waals surface area contributed by atoms with Crippen molar-refractivity contribution in [1.82, 2.24) is 10.3 Å². The topological polar surface area (TPSA) is 27.8 Å². The summed E-state index contributed by atoms with van der Waals surface area (Å²) in [6, 6.07) is 23.6. The van der Waals surface area contributed by atoms with Gasteiger partial charge in [0.1, 0.15) is 0 Å². The number of hydrogen-bond acceptors (Lipinski definition) is 1. The van der Waals surface area contributed by atoms with E-state index in [1.165, 1.54) is 32.8 Å². The molecule has 2 nitrogen and oxygen atoms in total. The molecule has 0 saturated carbocycles. The first-order valence-electron chi connectivity index (χ1n) is 8.14. The molecular formula is C21H21ClN2. The first-order valence-corrected chi connectivity index (χ1v) is 8.14. The van der Waals surface area contributed by atoms with Gasteiger partial charge in [-0.1, -0.05) is 60.7 Å². The van der Waals surface area contributed by atoms with Crippen molar-refractivity contribution in [2.75, 3.05) is 6.54 Å². The van der Waals surface area contributed by atoms with E-state index in [0.717, 1.165) is 19.5 Å². The largest absolute Gasteiger partial charge is 0.361 e. The smallest absolute Gasteiger partial charge is 0.0456 e. The van der Waals surface area contributed by atoms with Gasteiger partial charge in [-0.25, -0.2) is 0 Å². The number of para-hydroxylation sites is 1. The summed E-state index contributed by atoms with van der Waals surface area (Å²) >= 11 is 0. The number of nitrogens with one attached hydrogen (secondary N) is 2. The Morgan fingerprint density at radius 3 is 2.42 bits per heavy atom. The minimum atomic E-state index is 0. The van der Waals surface area contributed by atoms with Crippen LogP contribution in [0, 0.1) is 0 Å². The fourth-order valence-electron chi connectivity index (χ4n) is 3.23. The number of hydrogen-bond donors (Lipinski definition) is 2. The summed E-state index contributed by atoms with van der Waals surface area (Å²) in [6.07, 6.45) is 3.17. The Hall–Kier alpha value is -2.29. The van der Waals surface area contributed by atoms with Crippen molar-refractivity contribution in [3.8, 4) is 0 Å². The number of benzene rings is 3. The highest BCUT2D eigenvalue weighted by atomic mass is 35.5. The zero-order valence-electron chi connectivity index (χ0n) is 13.5. The normalized spacial score (nSPS) is 10.8. The first kappa shape index (κ1) is 16.6. The number of H-pyrrole nitrogens is 1. The summed E-state index contributed by atoms with van der Waals surface area (Å²) in [4.78, 5) is 3.34. The van der Waals surface area contributed by atoms with Gasteiger partial charge >= 0.3 is 0 Å². The molecule has 0 aliphatic carbocycles. The molecule has 1 heterocycles. The first-order chi connectivity index (χ1) is 11.4. The SMILES string of the molecule is Cl.c1ccc2c(CNCCc3c[nH]c4ccccc34)cccc2c1. The molecule has 0 aliphatic rings. The van der Waals surface area contributed by atoms with Crippen LogP contribution in [0.1, 0.15) is 11.1 Å². The maximum Gasteiger partial charge on any atom is 0.0456 e. The number of rotatable bonds is 5. The van der Waals surface area contributed by atoms with E-state index in [0.29, 0.717) is 0 Å². The number of halogens is 1. The van der Waals surface area contributed by atoms with Gasteiger partial charge in [0.05, 0.1) is 0 Å². The van der Waals surface area contributed by atoms with Gasteiger partial charge < -0.3 is 10.3 Å². The highest BCUT2D eigenvalue weighted by Crippen LogP contribution is 2.19. The zero-order valence-corrected chi connectivity index (χ0v) is 14.3. The maximum absolute atomic E-state index is 3.58. The molecule has 0 aliphatic heterocycles. The summed E-state index contributed by atoms with van der Waals surface area (Å²) in [5, 5.41) is 7.57. The van der Waals surface area contributed by atoms with Crippen LogP contribution < -0.4 is 5.32 Å². The maximum atomic E-state index is 3.58. The molecular weight excluding hydrogens is 316 g/mol. The van der Waals surface area contributed by atoms with E-state index < -0.39 is 0 Å². The molecule has 0 radical (unpaired) electrons. The average Bonchev–Trinajstić information content (AvgIpc) is 3.02. The standard InChI is InChI=1S/C21H20N2.ClH/c1-2-9-19-16(6-1)7-5-8-17(19)14-22-13-12-18-15-23-21-11-4-3-10-20(18)21;/h1-11,15,22-23H,12-14H2;1H. The van der Waals surface area contributed by atoms with Gasteiger partial charge in [0.2, 0.25) is 0 Å². The lowest BCUT2D eigenvalue weighted by Crippen LogP contribution is -2.16. The van der Waals surface area contributed by atoms with Gasteiger partial charge in [-0.2, -0.15) is 0 Å². The summed E-state index contributed by atoms with van der Waals surface area (Å²) < 4.78 is 0. The molecule has 0 amide bonds. The lowest BCUT2D eigenvalue weighted by atomic mass is 10.0. The molecule has 4 rings (SSSR count). The van der Waals surface area contributed by atoms with E-state index in [4.69, 9.17) is 0 Å². The summed E-state index contributed by atoms with van der Waals surface area (Å²) in [5.74, 6) is 0. The van der Waals surface area contributed by atoms with Crippen molar-refractivity contribution in [3.63, 3.8) is 0 Å².